The van der Waals surface area contributed by atoms with E-state index in [1.807, 2.05) is 0 Å². The number of carbonyl (C=O) groups excluding carboxylic acids is 5. The summed E-state index contributed by atoms with van der Waals surface area (Å²) < 4.78 is 40.4. The Balaban J connectivity index is 0.000000231. The minimum atomic E-state index is -2.07. The second-order valence-corrected chi connectivity index (χ2v) is 22.6. The number of aliphatic hydroxyl groups excluding tert-OH is 7. The largest absolute Gasteiger partial charge is 0.455 e. The van der Waals surface area contributed by atoms with Crippen molar-refractivity contribution in [3.05, 3.63) is 58.2 Å². The van der Waals surface area contributed by atoms with Crippen LogP contribution >= 0.6 is 0 Å². The third-order valence-electron chi connectivity index (χ3n) is 18.7. The fraction of sp³-hybridized carbons (Fsp3) is 0.706. The molecule has 1 aromatic rings. The Morgan fingerprint density at radius 1 is 0.676 bits per heavy atom. The summed E-state index contributed by atoms with van der Waals surface area (Å²) in [6.07, 6.45) is -14.2. The number of esters is 3. The van der Waals surface area contributed by atoms with Crippen molar-refractivity contribution in [2.75, 3.05) is 13.2 Å². The summed E-state index contributed by atoms with van der Waals surface area (Å²) in [4.78, 5) is 66.1. The highest BCUT2D eigenvalue weighted by atomic mass is 16.6. The molecule has 4 bridgehead atoms. The van der Waals surface area contributed by atoms with Crippen molar-refractivity contribution in [1.82, 2.24) is 0 Å². The van der Waals surface area contributed by atoms with Crippen molar-refractivity contribution in [1.29, 1.82) is 2.67 Å². The second-order valence-electron chi connectivity index (χ2n) is 22.6. The highest BCUT2D eigenvalue weighted by Crippen LogP contribution is 2.65. The van der Waals surface area contributed by atoms with Gasteiger partial charge in [-0.3, -0.25) is 19.2 Å². The van der Waals surface area contributed by atoms with Gasteiger partial charge in [0.2, 0.25) is 0 Å². The number of ether oxygens (including phenoxy) is 5. The lowest BCUT2D eigenvalue weighted by Crippen LogP contribution is -2.81. The smallest absolute Gasteiger partial charge is 0.338 e. The van der Waals surface area contributed by atoms with E-state index >= 15 is 0 Å². The zero-order valence-electron chi connectivity index (χ0n) is 43.7. The van der Waals surface area contributed by atoms with Crippen LogP contribution in [0.4, 0.5) is 0 Å². The molecular formula is C51H72BO19. The van der Waals surface area contributed by atoms with Crippen LogP contribution in [0.25, 0.3) is 0 Å². The van der Waals surface area contributed by atoms with E-state index in [9.17, 15) is 69.9 Å². The molecule has 20 heteroatoms. The first-order valence-electron chi connectivity index (χ1n) is 25.0. The predicted octanol–water partition coefficient (Wildman–Crippen LogP) is -0.371. The van der Waals surface area contributed by atoms with Crippen LogP contribution in [0.2, 0.25) is 0 Å². The quantitative estimate of drug-likeness (QED) is 0.0804. The van der Waals surface area contributed by atoms with Gasteiger partial charge in [0.05, 0.1) is 74.4 Å². The monoisotopic (exact) mass is 1000 g/mol. The number of aliphatic hydroxyl groups is 9. The first-order chi connectivity index (χ1) is 33.7. The normalized spacial score (nSPS) is 46.0. The number of ketones is 2. The van der Waals surface area contributed by atoms with E-state index in [1.54, 1.807) is 59.7 Å². The van der Waals surface area contributed by atoms with Crippen LogP contribution in [0.5, 0.6) is 0 Å². The molecule has 18 atom stereocenters. The first kappa shape index (κ1) is 52.0. The van der Waals surface area contributed by atoms with Gasteiger partial charge in [0, 0.05) is 57.7 Å². The topological polar surface area (TPSA) is 314 Å². The molecule has 2 saturated heterocycles. The van der Waals surface area contributed by atoms with Crippen molar-refractivity contribution < 1.29 is 95.0 Å². The highest BCUT2D eigenvalue weighted by molar-refractivity contribution is 5.95. The minimum Gasteiger partial charge on any atom is -0.455 e. The second kappa shape index (κ2) is 17.6. The van der Waals surface area contributed by atoms with Crippen LogP contribution in [0.3, 0.4) is 0 Å². The Labute approximate surface area is 417 Å². The van der Waals surface area contributed by atoms with Crippen LogP contribution in [0, 0.1) is 33.5 Å². The summed E-state index contributed by atoms with van der Waals surface area (Å²) in [5.41, 5.74) is -12.2. The Bertz CT molecular complexity index is 2470. The molecule has 0 amide bonds. The van der Waals surface area contributed by atoms with E-state index in [1.165, 1.54) is 39.8 Å². The number of Topliss-reactive ketones (excluding diaryl/α,β-unsaturated/α-hetero) is 2. The summed E-state index contributed by atoms with van der Waals surface area (Å²) >= 11 is 0. The van der Waals surface area contributed by atoms with Crippen molar-refractivity contribution in [2.24, 2.45) is 33.5 Å². The maximum atomic E-state index is 14.3. The van der Waals surface area contributed by atoms with Gasteiger partial charge >= 0.3 is 17.9 Å². The lowest BCUT2D eigenvalue weighted by molar-refractivity contribution is -0.346. The van der Waals surface area contributed by atoms with E-state index in [-0.39, 0.29) is 57.0 Å². The molecule has 19 nitrogen and oxygen atoms in total. The van der Waals surface area contributed by atoms with Crippen molar-refractivity contribution in [2.45, 2.75) is 178 Å². The third kappa shape index (κ3) is 7.20. The number of rotatable bonds is 4. The van der Waals surface area contributed by atoms with E-state index in [0.717, 1.165) is 0 Å². The summed E-state index contributed by atoms with van der Waals surface area (Å²) in [6, 6.07) is 8.08. The fourth-order valence-corrected chi connectivity index (χ4v) is 14.4. The molecule has 0 aromatic heterocycles. The SMILES string of the molecule is CC(=O)O[C@@]12CO[C@@H]1C[C@H](O)[C@@]1(C)C(=O)[C@H](O)C3=C(C)[C@@H](O)C[C@@](O)([C@@H](O)[C@H]21)C3(C)C.CC(=O)O[C@@]12CO[C@@H]1C[C@H](O)[C@@]1(C)C(=O)[C@H](O)C3=C(C)[C@@H](O)C[C@@](O)([C@@H](OC(=O)c4ccccc4)[C@H]21)C3(C)C.[2HH].[3H][B][3H]. The molecule has 0 unspecified atom stereocenters. The Hall–Kier alpha value is -3.93. The first-order valence-corrected chi connectivity index (χ1v) is 23.9. The van der Waals surface area contributed by atoms with Crippen LogP contribution < -0.4 is 0 Å². The molecule has 4 saturated carbocycles. The maximum Gasteiger partial charge on any atom is 0.338 e. The molecule has 2 aliphatic heterocycles. The van der Waals surface area contributed by atoms with Crippen molar-refractivity contribution in [3.8, 4) is 0 Å². The average Bonchev–Trinajstić information content (AvgIpc) is 3.30. The van der Waals surface area contributed by atoms with Crippen molar-refractivity contribution >= 4 is 37.8 Å². The third-order valence-corrected chi connectivity index (χ3v) is 18.7. The van der Waals surface area contributed by atoms with Gasteiger partial charge in [0.25, 0.3) is 0 Å². The molecule has 2 heterocycles. The van der Waals surface area contributed by atoms with Gasteiger partial charge < -0.3 is 69.6 Å². The fourth-order valence-electron chi connectivity index (χ4n) is 14.4. The molecule has 9 N–H and O–H groups in total. The van der Waals surface area contributed by atoms with E-state index in [2.05, 4.69) is 0 Å². The molecule has 1 radical (unpaired) electrons. The number of carbonyl (C=O) groups is 5. The van der Waals surface area contributed by atoms with Crippen molar-refractivity contribution in [3.63, 3.8) is 0 Å². The molecule has 1 aromatic carbocycles. The Morgan fingerprint density at radius 3 is 1.48 bits per heavy atom. The molecule has 8 aliphatic rings. The number of hydrogen-bond donors (Lipinski definition) is 9. The number of fused-ring (bicyclic) bond motifs is 10. The van der Waals surface area contributed by atoms with Gasteiger partial charge in [0.1, 0.15) is 41.7 Å². The minimum absolute atomic E-state index is 0. The summed E-state index contributed by atoms with van der Waals surface area (Å²) in [6.45, 7) is 14.6. The van der Waals surface area contributed by atoms with Crippen LogP contribution in [-0.2, 0) is 42.9 Å². The molecule has 71 heavy (non-hydrogen) atoms. The molecule has 6 fully saturated rings. The molecule has 9 rings (SSSR count). The lowest BCUT2D eigenvalue weighted by atomic mass is 9.44. The standard InChI is InChI=1S/C29H36O10.C22H32O9.BH2.H2/c1-14-17(31)12-29(36)24(38-25(35)16-9-7-6-8-10-16)22-27(5,23(34)21(33)20(14)26(29,3)4)18(32)11-19-28(22,13-37-19)39-15(2)30;1-9-11(24)7-22(29)18(28)16-20(5,17(27)15(26)14(9)19(22,3)4)12(25)6-13-21(16,8-30-13)31-10(2)23;;/h6-10,17-19,21-22,24,31-33,36H,11-13H2,1-5H3;11-13,15-16,18,24-26,28-29H,6-8H2,1-5H3;1H2;1H/t17-,18-,19+,21+,22-,24-,27+,28-,29+;11-,12-,13+,15+,16-,18-,20+,21-,22+;;/m00../s1/i;;1T2;1+1. The number of hydrogen-bond acceptors (Lipinski definition) is 19. The molecule has 6 aliphatic carbocycles. The van der Waals surface area contributed by atoms with Crippen LogP contribution in [-0.4, -0.2) is 183 Å². The Kier molecular flexibility index (Phi) is 12.9. The average molecular weight is 1000 g/mol. The van der Waals surface area contributed by atoms with Gasteiger partial charge in [-0.05, 0) is 64.8 Å². The molecule has 0 spiro atoms. The van der Waals surface area contributed by atoms with E-state index < -0.39 is 146 Å². The lowest BCUT2D eigenvalue weighted by Gasteiger charge is -2.67. The zero-order chi connectivity index (χ0) is 54.7. The van der Waals surface area contributed by atoms with Gasteiger partial charge in [-0.1, -0.05) is 45.9 Å². The predicted molar refractivity (Wildman–Crippen MR) is 251 cm³/mol. The zero-order valence-corrected chi connectivity index (χ0v) is 41.7. The highest BCUT2D eigenvalue weighted by Gasteiger charge is 2.79. The number of benzene rings is 1. The van der Waals surface area contributed by atoms with Crippen LogP contribution in [0.1, 0.15) is 107 Å². The van der Waals surface area contributed by atoms with Crippen LogP contribution in [0.15, 0.2) is 52.6 Å². The summed E-state index contributed by atoms with van der Waals surface area (Å²) in [5.74, 6) is -6.28. The molecule has 393 valence electrons. The summed E-state index contributed by atoms with van der Waals surface area (Å²) in [5, 5.41) is 103. The van der Waals surface area contributed by atoms with E-state index in [4.69, 9.17) is 26.4 Å². The molecular weight excluding hydrogens is 927 g/mol. The van der Waals surface area contributed by atoms with Gasteiger partial charge in [-0.25, -0.2) is 4.79 Å². The van der Waals surface area contributed by atoms with Gasteiger partial charge in [-0.15, -0.1) is 0 Å². The van der Waals surface area contributed by atoms with Gasteiger partial charge in [-0.2, -0.15) is 0 Å². The summed E-state index contributed by atoms with van der Waals surface area (Å²) in [7, 11) is 0.500. The van der Waals surface area contributed by atoms with Gasteiger partial charge in [0.15, 0.2) is 22.8 Å². The Morgan fingerprint density at radius 2 is 1.07 bits per heavy atom. The maximum absolute atomic E-state index is 14.3. The van der Waals surface area contributed by atoms with E-state index in [0.29, 0.717) is 19.5 Å².